The molecule has 25 heavy (non-hydrogen) atoms. The molecule has 0 bridgehead atoms. The molecule has 0 aliphatic heterocycles. The van der Waals surface area contributed by atoms with Crippen LogP contribution in [-0.2, 0) is 0 Å². The fraction of sp³-hybridized carbons (Fsp3) is 0.211. The number of amides is 2. The van der Waals surface area contributed by atoms with Crippen LogP contribution in [0, 0.1) is 6.92 Å². The average Bonchev–Trinajstić information content (AvgIpc) is 2.61. The second kappa shape index (κ2) is 7.53. The molecule has 0 radical (unpaired) electrons. The molecule has 0 saturated heterocycles. The van der Waals surface area contributed by atoms with E-state index in [2.05, 4.69) is 45.7 Å². The normalized spacial score (nSPS) is 10.7. The van der Waals surface area contributed by atoms with Gasteiger partial charge in [-0.15, -0.1) is 11.8 Å². The summed E-state index contributed by atoms with van der Waals surface area (Å²) in [7, 11) is 0. The van der Waals surface area contributed by atoms with Gasteiger partial charge in [-0.05, 0) is 54.8 Å². The largest absolute Gasteiger partial charge is 0.338 e. The number of anilines is 1. The van der Waals surface area contributed by atoms with E-state index in [1.54, 1.807) is 18.0 Å². The highest BCUT2D eigenvalue weighted by Gasteiger charge is 2.08. The third kappa shape index (κ3) is 3.91. The Morgan fingerprint density at radius 1 is 1.12 bits per heavy atom. The van der Waals surface area contributed by atoms with Crippen LogP contribution in [-0.4, -0.2) is 28.8 Å². The van der Waals surface area contributed by atoms with Gasteiger partial charge in [0.2, 0.25) is 0 Å². The molecule has 2 heterocycles. The Balaban J connectivity index is 2.02. The standard InChI is InChI=1S/C19H20N4OS/c1-4-21-19(24)23-18-8-14-6-13(5-12(2)17(14)11-22-18)15-7-16(25-3)10-20-9-15/h5-11H,4H2,1-3H3,(H2,21,22,23,24). The van der Waals surface area contributed by atoms with Crippen molar-refractivity contribution in [3.8, 4) is 11.1 Å². The van der Waals surface area contributed by atoms with Gasteiger partial charge < -0.3 is 5.32 Å². The number of nitrogens with one attached hydrogen (secondary N) is 2. The highest BCUT2D eigenvalue weighted by molar-refractivity contribution is 7.98. The number of benzene rings is 1. The number of rotatable bonds is 4. The molecule has 5 nitrogen and oxygen atoms in total. The summed E-state index contributed by atoms with van der Waals surface area (Å²) in [6, 6.07) is 8.02. The first-order chi connectivity index (χ1) is 12.1. The molecule has 3 rings (SSSR count). The smallest absolute Gasteiger partial charge is 0.320 e. The van der Waals surface area contributed by atoms with Crippen molar-refractivity contribution in [2.75, 3.05) is 18.1 Å². The number of pyridine rings is 2. The lowest BCUT2D eigenvalue weighted by Crippen LogP contribution is -2.28. The minimum absolute atomic E-state index is 0.251. The molecular formula is C19H20N4OS. The highest BCUT2D eigenvalue weighted by Crippen LogP contribution is 2.29. The highest BCUT2D eigenvalue weighted by atomic mass is 32.2. The van der Waals surface area contributed by atoms with Gasteiger partial charge in [0.15, 0.2) is 0 Å². The van der Waals surface area contributed by atoms with Crippen LogP contribution in [0.1, 0.15) is 12.5 Å². The van der Waals surface area contributed by atoms with Gasteiger partial charge in [-0.3, -0.25) is 10.3 Å². The lowest BCUT2D eigenvalue weighted by Gasteiger charge is -2.10. The Kier molecular flexibility index (Phi) is 5.19. The number of aryl methyl sites for hydroxylation is 1. The Labute approximate surface area is 151 Å². The van der Waals surface area contributed by atoms with Gasteiger partial charge in [0.1, 0.15) is 5.82 Å². The minimum atomic E-state index is -0.251. The average molecular weight is 352 g/mol. The van der Waals surface area contributed by atoms with E-state index >= 15 is 0 Å². The van der Waals surface area contributed by atoms with E-state index in [9.17, 15) is 4.79 Å². The summed E-state index contributed by atoms with van der Waals surface area (Å²) in [5.74, 6) is 0.533. The van der Waals surface area contributed by atoms with Gasteiger partial charge in [-0.25, -0.2) is 9.78 Å². The van der Waals surface area contributed by atoms with Crippen molar-refractivity contribution < 1.29 is 4.79 Å². The number of urea groups is 1. The van der Waals surface area contributed by atoms with Crippen molar-refractivity contribution in [2.45, 2.75) is 18.7 Å². The monoisotopic (exact) mass is 352 g/mol. The number of fused-ring (bicyclic) bond motifs is 1. The molecule has 6 heteroatoms. The molecular weight excluding hydrogens is 332 g/mol. The van der Waals surface area contributed by atoms with Gasteiger partial charge in [-0.2, -0.15) is 0 Å². The SMILES string of the molecule is CCNC(=O)Nc1cc2cc(-c3cncc(SC)c3)cc(C)c2cn1. The van der Waals surface area contributed by atoms with Crippen molar-refractivity contribution in [3.63, 3.8) is 0 Å². The van der Waals surface area contributed by atoms with Crippen LogP contribution < -0.4 is 10.6 Å². The maximum Gasteiger partial charge on any atom is 0.320 e. The molecule has 3 aromatic rings. The molecule has 0 atom stereocenters. The van der Waals surface area contributed by atoms with Crippen LogP contribution in [0.15, 0.2) is 47.8 Å². The molecule has 0 unspecified atom stereocenters. The Morgan fingerprint density at radius 3 is 2.72 bits per heavy atom. The zero-order valence-electron chi connectivity index (χ0n) is 14.5. The van der Waals surface area contributed by atoms with E-state index in [1.807, 2.05) is 31.6 Å². The number of nitrogens with zero attached hydrogens (tertiary/aromatic N) is 2. The summed E-state index contributed by atoms with van der Waals surface area (Å²) >= 11 is 1.67. The summed E-state index contributed by atoms with van der Waals surface area (Å²) in [6.07, 6.45) is 7.57. The number of hydrogen-bond donors (Lipinski definition) is 2. The molecule has 2 N–H and O–H groups in total. The van der Waals surface area contributed by atoms with Crippen LogP contribution in [0.5, 0.6) is 0 Å². The van der Waals surface area contributed by atoms with Gasteiger partial charge >= 0.3 is 6.03 Å². The van der Waals surface area contributed by atoms with E-state index in [1.165, 1.54) is 0 Å². The third-order valence-electron chi connectivity index (χ3n) is 3.90. The lowest BCUT2D eigenvalue weighted by atomic mass is 9.99. The maximum atomic E-state index is 11.7. The minimum Gasteiger partial charge on any atom is -0.338 e. The topological polar surface area (TPSA) is 66.9 Å². The van der Waals surface area contributed by atoms with Crippen molar-refractivity contribution in [3.05, 3.63) is 48.4 Å². The van der Waals surface area contributed by atoms with Crippen molar-refractivity contribution in [1.82, 2.24) is 15.3 Å². The molecule has 2 aromatic heterocycles. The Hall–Kier alpha value is -2.60. The van der Waals surface area contributed by atoms with Crippen LogP contribution in [0.25, 0.3) is 21.9 Å². The van der Waals surface area contributed by atoms with Gasteiger partial charge in [0.25, 0.3) is 0 Å². The molecule has 0 spiro atoms. The number of thioether (sulfide) groups is 1. The van der Waals surface area contributed by atoms with E-state index in [0.29, 0.717) is 12.4 Å². The molecule has 0 saturated carbocycles. The zero-order valence-corrected chi connectivity index (χ0v) is 15.3. The molecule has 1 aromatic carbocycles. The zero-order chi connectivity index (χ0) is 17.8. The predicted molar refractivity (Wildman–Crippen MR) is 104 cm³/mol. The fourth-order valence-electron chi connectivity index (χ4n) is 2.68. The summed E-state index contributed by atoms with van der Waals surface area (Å²) in [6.45, 7) is 4.51. The molecule has 0 aliphatic rings. The molecule has 0 aliphatic carbocycles. The number of aromatic nitrogens is 2. The quantitative estimate of drug-likeness (QED) is 0.680. The first-order valence-corrected chi connectivity index (χ1v) is 9.28. The molecule has 0 fully saturated rings. The summed E-state index contributed by atoms with van der Waals surface area (Å²) in [4.78, 5) is 21.5. The van der Waals surface area contributed by atoms with E-state index in [0.717, 1.165) is 32.4 Å². The number of carbonyl (C=O) groups excluding carboxylic acids is 1. The van der Waals surface area contributed by atoms with E-state index < -0.39 is 0 Å². The predicted octanol–water partition coefficient (Wildman–Crippen LogP) is 4.47. The van der Waals surface area contributed by atoms with Crippen LogP contribution in [0.4, 0.5) is 10.6 Å². The lowest BCUT2D eigenvalue weighted by molar-refractivity contribution is 0.252. The molecule has 2 amide bonds. The van der Waals surface area contributed by atoms with E-state index in [4.69, 9.17) is 0 Å². The second-order valence-corrected chi connectivity index (χ2v) is 6.56. The molecule has 128 valence electrons. The van der Waals surface area contributed by atoms with Crippen LogP contribution in [0.2, 0.25) is 0 Å². The first kappa shape index (κ1) is 17.2. The van der Waals surface area contributed by atoms with Crippen LogP contribution in [0.3, 0.4) is 0 Å². The first-order valence-electron chi connectivity index (χ1n) is 8.05. The second-order valence-electron chi connectivity index (χ2n) is 5.68. The maximum absolute atomic E-state index is 11.7. The number of hydrogen-bond acceptors (Lipinski definition) is 4. The number of carbonyl (C=O) groups is 1. The third-order valence-corrected chi connectivity index (χ3v) is 4.60. The van der Waals surface area contributed by atoms with Gasteiger partial charge in [-0.1, -0.05) is 6.07 Å². The van der Waals surface area contributed by atoms with Crippen molar-refractivity contribution in [2.24, 2.45) is 0 Å². The van der Waals surface area contributed by atoms with Crippen molar-refractivity contribution in [1.29, 1.82) is 0 Å². The summed E-state index contributed by atoms with van der Waals surface area (Å²) in [5.41, 5.74) is 3.31. The summed E-state index contributed by atoms with van der Waals surface area (Å²) < 4.78 is 0. The Bertz CT molecular complexity index is 926. The van der Waals surface area contributed by atoms with Gasteiger partial charge in [0, 0.05) is 41.0 Å². The van der Waals surface area contributed by atoms with Gasteiger partial charge in [0.05, 0.1) is 0 Å². The Morgan fingerprint density at radius 2 is 1.96 bits per heavy atom. The van der Waals surface area contributed by atoms with E-state index in [-0.39, 0.29) is 6.03 Å². The fourth-order valence-corrected chi connectivity index (χ4v) is 3.10. The van der Waals surface area contributed by atoms with Crippen LogP contribution >= 0.6 is 11.8 Å². The van der Waals surface area contributed by atoms with Crippen molar-refractivity contribution >= 4 is 34.4 Å². The summed E-state index contributed by atoms with van der Waals surface area (Å²) in [5, 5.41) is 7.56.